The molecule has 1 aliphatic rings. The smallest absolute Gasteiger partial charge is 0.356 e. The van der Waals surface area contributed by atoms with Crippen molar-refractivity contribution in [3.05, 3.63) is 39.5 Å². The first kappa shape index (κ1) is 15.2. The van der Waals surface area contributed by atoms with Gasteiger partial charge in [-0.05, 0) is 31.0 Å². The maximum Gasteiger partial charge on any atom is 0.356 e. The number of hydrogen-bond donors (Lipinski definition) is 0. The van der Waals surface area contributed by atoms with E-state index in [4.69, 9.17) is 27.9 Å². The first-order valence-corrected chi connectivity index (χ1v) is 7.65. The van der Waals surface area contributed by atoms with Gasteiger partial charge < -0.3 is 9.64 Å². The fourth-order valence-corrected chi connectivity index (χ4v) is 3.32. The van der Waals surface area contributed by atoms with E-state index in [1.807, 2.05) is 11.0 Å². The Balaban J connectivity index is 2.11. The minimum Gasteiger partial charge on any atom is -0.464 e. The highest BCUT2D eigenvalue weighted by Gasteiger charge is 2.30. The number of carbonyl (C=O) groups excluding carboxylic acids is 1. The van der Waals surface area contributed by atoms with E-state index in [0.717, 1.165) is 36.5 Å². The molecule has 0 fully saturated rings. The summed E-state index contributed by atoms with van der Waals surface area (Å²) in [5.41, 5.74) is 2.22. The monoisotopic (exact) mass is 339 g/mol. The summed E-state index contributed by atoms with van der Waals surface area (Å²) in [6.45, 7) is 0.784. The number of carbonyl (C=O) groups is 1. The SMILES string of the molecule is COC(=O)c1c2c(nn1C)N(c1ccc(Cl)cc1Cl)CCC2. The van der Waals surface area contributed by atoms with Crippen LogP contribution in [0.1, 0.15) is 22.5 Å². The topological polar surface area (TPSA) is 47.4 Å². The third kappa shape index (κ3) is 2.44. The van der Waals surface area contributed by atoms with Gasteiger partial charge in [0.05, 0.1) is 17.8 Å². The van der Waals surface area contributed by atoms with Gasteiger partial charge >= 0.3 is 5.97 Å². The number of benzene rings is 1. The van der Waals surface area contributed by atoms with E-state index in [1.54, 1.807) is 23.9 Å². The third-order valence-corrected chi connectivity index (χ3v) is 4.31. The molecule has 1 aromatic carbocycles. The summed E-state index contributed by atoms with van der Waals surface area (Å²) in [4.78, 5) is 14.0. The highest BCUT2D eigenvalue weighted by atomic mass is 35.5. The Bertz CT molecular complexity index is 743. The number of hydrogen-bond acceptors (Lipinski definition) is 4. The Labute approximate surface area is 138 Å². The van der Waals surface area contributed by atoms with E-state index < -0.39 is 0 Å². The van der Waals surface area contributed by atoms with Crippen molar-refractivity contribution in [1.29, 1.82) is 0 Å². The molecule has 0 radical (unpaired) electrons. The number of fused-ring (bicyclic) bond motifs is 1. The first-order chi connectivity index (χ1) is 10.5. The molecule has 1 aromatic heterocycles. The molecule has 3 rings (SSSR count). The largest absolute Gasteiger partial charge is 0.464 e. The summed E-state index contributed by atoms with van der Waals surface area (Å²) in [5, 5.41) is 5.64. The summed E-state index contributed by atoms with van der Waals surface area (Å²) < 4.78 is 6.43. The zero-order valence-corrected chi connectivity index (χ0v) is 13.8. The predicted molar refractivity (Wildman–Crippen MR) is 86.3 cm³/mol. The zero-order chi connectivity index (χ0) is 15.9. The molecule has 0 saturated heterocycles. The Morgan fingerprint density at radius 3 is 2.82 bits per heavy atom. The lowest BCUT2D eigenvalue weighted by atomic mass is 10.0. The zero-order valence-electron chi connectivity index (χ0n) is 12.3. The average molecular weight is 340 g/mol. The molecule has 2 heterocycles. The molecule has 1 aliphatic heterocycles. The molecule has 7 heteroatoms. The lowest BCUT2D eigenvalue weighted by Crippen LogP contribution is -2.25. The van der Waals surface area contributed by atoms with Crippen LogP contribution in [-0.2, 0) is 18.2 Å². The summed E-state index contributed by atoms with van der Waals surface area (Å²) >= 11 is 12.3. The molecular formula is C15H15Cl2N3O2. The van der Waals surface area contributed by atoms with E-state index in [-0.39, 0.29) is 5.97 Å². The standard InChI is InChI=1S/C15H15Cl2N3O2/c1-19-13(15(21)22-2)10-4-3-7-20(14(10)18-19)12-6-5-9(16)8-11(12)17/h5-6,8H,3-4,7H2,1-2H3. The molecule has 0 N–H and O–H groups in total. The van der Waals surface area contributed by atoms with Gasteiger partial charge in [0.15, 0.2) is 11.5 Å². The molecule has 0 aliphatic carbocycles. The van der Waals surface area contributed by atoms with Crippen LogP contribution >= 0.6 is 23.2 Å². The Morgan fingerprint density at radius 1 is 1.36 bits per heavy atom. The van der Waals surface area contributed by atoms with Crippen molar-refractivity contribution in [3.63, 3.8) is 0 Å². The van der Waals surface area contributed by atoms with Crippen LogP contribution in [0.4, 0.5) is 11.5 Å². The first-order valence-electron chi connectivity index (χ1n) is 6.89. The van der Waals surface area contributed by atoms with Crippen LogP contribution in [0, 0.1) is 0 Å². The fourth-order valence-electron chi connectivity index (χ4n) is 2.81. The predicted octanol–water partition coefficient (Wildman–Crippen LogP) is 3.60. The minimum atomic E-state index is -0.375. The van der Waals surface area contributed by atoms with Gasteiger partial charge in [0, 0.05) is 24.2 Å². The second kappa shape index (κ2) is 5.82. The maximum atomic E-state index is 12.0. The van der Waals surface area contributed by atoms with Gasteiger partial charge in [-0.3, -0.25) is 4.68 Å². The number of anilines is 2. The van der Waals surface area contributed by atoms with Gasteiger partial charge in [-0.25, -0.2) is 4.79 Å². The number of aromatic nitrogens is 2. The van der Waals surface area contributed by atoms with Crippen molar-refractivity contribution in [3.8, 4) is 0 Å². The summed E-state index contributed by atoms with van der Waals surface area (Å²) in [6.07, 6.45) is 1.69. The second-order valence-electron chi connectivity index (χ2n) is 5.12. The molecule has 0 bridgehead atoms. The van der Waals surface area contributed by atoms with E-state index in [9.17, 15) is 4.79 Å². The third-order valence-electron chi connectivity index (χ3n) is 3.77. The number of aryl methyl sites for hydroxylation is 1. The van der Waals surface area contributed by atoms with Crippen molar-refractivity contribution in [1.82, 2.24) is 9.78 Å². The van der Waals surface area contributed by atoms with Gasteiger partial charge in [-0.15, -0.1) is 0 Å². The van der Waals surface area contributed by atoms with Crippen LogP contribution in [0.3, 0.4) is 0 Å². The van der Waals surface area contributed by atoms with Gasteiger partial charge in [0.2, 0.25) is 0 Å². The quantitative estimate of drug-likeness (QED) is 0.784. The average Bonchev–Trinajstić information content (AvgIpc) is 2.82. The number of halogens is 2. The van der Waals surface area contributed by atoms with E-state index in [1.165, 1.54) is 7.11 Å². The number of ether oxygens (including phenoxy) is 1. The van der Waals surface area contributed by atoms with Gasteiger partial charge in [-0.1, -0.05) is 23.2 Å². The normalized spacial score (nSPS) is 13.9. The van der Waals surface area contributed by atoms with Crippen molar-refractivity contribution >= 4 is 40.7 Å². The minimum absolute atomic E-state index is 0.375. The number of rotatable bonds is 2. The van der Waals surface area contributed by atoms with Crippen molar-refractivity contribution in [2.75, 3.05) is 18.6 Å². The number of nitrogens with zero attached hydrogens (tertiary/aromatic N) is 3. The number of methoxy groups -OCH3 is 1. The molecule has 116 valence electrons. The molecule has 22 heavy (non-hydrogen) atoms. The van der Waals surface area contributed by atoms with Gasteiger partial charge in [0.25, 0.3) is 0 Å². The van der Waals surface area contributed by atoms with Crippen molar-refractivity contribution in [2.45, 2.75) is 12.8 Å². The molecule has 0 amide bonds. The lowest BCUT2D eigenvalue weighted by molar-refractivity contribution is 0.0587. The Kier molecular flexibility index (Phi) is 4.02. The van der Waals surface area contributed by atoms with Crippen LogP contribution in [0.5, 0.6) is 0 Å². The molecule has 0 atom stereocenters. The van der Waals surface area contributed by atoms with Crippen LogP contribution in [0.2, 0.25) is 10.0 Å². The summed E-state index contributed by atoms with van der Waals surface area (Å²) in [7, 11) is 3.12. The van der Waals surface area contributed by atoms with Crippen molar-refractivity contribution < 1.29 is 9.53 Å². The van der Waals surface area contributed by atoms with E-state index >= 15 is 0 Å². The van der Waals surface area contributed by atoms with Crippen molar-refractivity contribution in [2.24, 2.45) is 7.05 Å². The van der Waals surface area contributed by atoms with Gasteiger partial charge in [-0.2, -0.15) is 5.10 Å². The van der Waals surface area contributed by atoms with Crippen LogP contribution in [0.15, 0.2) is 18.2 Å². The van der Waals surface area contributed by atoms with E-state index in [0.29, 0.717) is 15.7 Å². The molecule has 0 unspecified atom stereocenters. The van der Waals surface area contributed by atoms with Crippen LogP contribution < -0.4 is 4.90 Å². The molecule has 5 nitrogen and oxygen atoms in total. The summed E-state index contributed by atoms with van der Waals surface area (Å²) in [6, 6.07) is 5.37. The molecule has 0 saturated carbocycles. The Hall–Kier alpha value is -1.72. The Morgan fingerprint density at radius 2 is 2.14 bits per heavy atom. The lowest BCUT2D eigenvalue weighted by Gasteiger charge is -2.28. The van der Waals surface area contributed by atoms with Crippen LogP contribution in [0.25, 0.3) is 0 Å². The maximum absolute atomic E-state index is 12.0. The highest BCUT2D eigenvalue weighted by molar-refractivity contribution is 6.36. The fraction of sp³-hybridized carbons (Fsp3) is 0.333. The second-order valence-corrected chi connectivity index (χ2v) is 5.96. The van der Waals surface area contributed by atoms with Crippen LogP contribution in [-0.4, -0.2) is 29.4 Å². The molecule has 2 aromatic rings. The molecular weight excluding hydrogens is 325 g/mol. The molecule has 0 spiro atoms. The van der Waals surface area contributed by atoms with Gasteiger partial charge in [0.1, 0.15) is 0 Å². The number of esters is 1. The van der Waals surface area contributed by atoms with E-state index in [2.05, 4.69) is 5.10 Å². The summed E-state index contributed by atoms with van der Waals surface area (Å²) in [5.74, 6) is 0.374. The highest BCUT2D eigenvalue weighted by Crippen LogP contribution is 2.38.